The number of nitrogens with two attached hydrogens (primary N) is 2. The summed E-state index contributed by atoms with van der Waals surface area (Å²) in [7, 11) is 1.14. The van der Waals surface area contributed by atoms with Crippen LogP contribution in [-0.4, -0.2) is 17.1 Å². The van der Waals surface area contributed by atoms with Gasteiger partial charge in [0.15, 0.2) is 17.4 Å². The van der Waals surface area contributed by atoms with E-state index in [1.54, 1.807) is 6.07 Å². The quantitative estimate of drug-likeness (QED) is 0.859. The van der Waals surface area contributed by atoms with Crippen LogP contribution in [0.5, 0.6) is 5.75 Å². The molecular formula is C12H9F2N5O. The average molecular weight is 277 g/mol. The molecule has 0 saturated carbocycles. The van der Waals surface area contributed by atoms with Gasteiger partial charge in [0.25, 0.3) is 0 Å². The number of hydrogen-bond acceptors (Lipinski definition) is 6. The van der Waals surface area contributed by atoms with E-state index in [4.69, 9.17) is 16.7 Å². The summed E-state index contributed by atoms with van der Waals surface area (Å²) in [5.41, 5.74) is 10.8. The van der Waals surface area contributed by atoms with Gasteiger partial charge in [-0.1, -0.05) is 0 Å². The smallest absolute Gasteiger partial charge is 0.222 e. The van der Waals surface area contributed by atoms with E-state index in [1.165, 1.54) is 0 Å². The standard InChI is InChI=1S/C12H9F2N5O/c1-20-10-7(13)2-5(3-8(10)14)9-6(4-15)11(16)19-12(17)18-9/h2-3H,1H3,(H4,16,17,18,19). The zero-order chi connectivity index (χ0) is 14.9. The predicted octanol–water partition coefficient (Wildman–Crippen LogP) is 1.47. The van der Waals surface area contributed by atoms with E-state index in [0.717, 1.165) is 19.2 Å². The van der Waals surface area contributed by atoms with Crippen molar-refractivity contribution in [2.75, 3.05) is 18.6 Å². The van der Waals surface area contributed by atoms with Gasteiger partial charge in [-0.2, -0.15) is 10.2 Å². The lowest BCUT2D eigenvalue weighted by atomic mass is 10.1. The molecule has 0 spiro atoms. The number of halogens is 2. The second-order valence-corrected chi connectivity index (χ2v) is 3.78. The van der Waals surface area contributed by atoms with Crippen molar-refractivity contribution in [3.8, 4) is 23.1 Å². The second-order valence-electron chi connectivity index (χ2n) is 3.78. The zero-order valence-electron chi connectivity index (χ0n) is 10.3. The third kappa shape index (κ3) is 2.16. The molecule has 0 aliphatic carbocycles. The first-order valence-corrected chi connectivity index (χ1v) is 5.34. The zero-order valence-corrected chi connectivity index (χ0v) is 10.3. The first-order valence-electron chi connectivity index (χ1n) is 5.34. The monoisotopic (exact) mass is 277 g/mol. The van der Waals surface area contributed by atoms with Crippen LogP contribution in [0.3, 0.4) is 0 Å². The summed E-state index contributed by atoms with van der Waals surface area (Å²) in [6.45, 7) is 0. The van der Waals surface area contributed by atoms with Crippen LogP contribution in [0.4, 0.5) is 20.5 Å². The Balaban J connectivity index is 2.73. The van der Waals surface area contributed by atoms with Crippen LogP contribution in [0.25, 0.3) is 11.3 Å². The van der Waals surface area contributed by atoms with Gasteiger partial charge in [-0.15, -0.1) is 0 Å². The number of aromatic nitrogens is 2. The molecule has 0 radical (unpaired) electrons. The minimum atomic E-state index is -0.929. The van der Waals surface area contributed by atoms with Gasteiger partial charge in [0.05, 0.1) is 12.8 Å². The number of nitrogens with zero attached hydrogens (tertiary/aromatic N) is 3. The average Bonchev–Trinajstić information content (AvgIpc) is 2.37. The van der Waals surface area contributed by atoms with Gasteiger partial charge < -0.3 is 16.2 Å². The fourth-order valence-corrected chi connectivity index (χ4v) is 1.71. The fraction of sp³-hybridized carbons (Fsp3) is 0.0833. The molecule has 1 heterocycles. The Morgan fingerprint density at radius 3 is 2.30 bits per heavy atom. The Morgan fingerprint density at radius 1 is 1.20 bits per heavy atom. The summed E-state index contributed by atoms with van der Waals surface area (Å²) in [5.74, 6) is -2.74. The highest BCUT2D eigenvalue weighted by Gasteiger charge is 2.18. The second kappa shape index (κ2) is 4.97. The molecule has 0 unspecified atom stereocenters. The van der Waals surface area contributed by atoms with Gasteiger partial charge in [-0.05, 0) is 12.1 Å². The van der Waals surface area contributed by atoms with Gasteiger partial charge in [0.2, 0.25) is 5.95 Å². The third-order valence-electron chi connectivity index (χ3n) is 2.54. The minimum absolute atomic E-state index is 0.0122. The number of hydrogen-bond donors (Lipinski definition) is 2. The maximum atomic E-state index is 13.7. The van der Waals surface area contributed by atoms with Gasteiger partial charge in [0, 0.05) is 5.56 Å². The normalized spacial score (nSPS) is 10.1. The number of anilines is 2. The molecule has 0 aliphatic heterocycles. The van der Waals surface area contributed by atoms with Crippen molar-refractivity contribution in [1.82, 2.24) is 9.97 Å². The molecule has 20 heavy (non-hydrogen) atoms. The summed E-state index contributed by atoms with van der Waals surface area (Å²) in [6.07, 6.45) is 0. The van der Waals surface area contributed by atoms with Crippen molar-refractivity contribution in [1.29, 1.82) is 5.26 Å². The highest BCUT2D eigenvalue weighted by atomic mass is 19.1. The molecule has 102 valence electrons. The Kier molecular flexibility index (Phi) is 3.35. The van der Waals surface area contributed by atoms with Crippen LogP contribution < -0.4 is 16.2 Å². The Bertz CT molecular complexity index is 704. The molecule has 2 rings (SSSR count). The highest BCUT2D eigenvalue weighted by Crippen LogP contribution is 2.31. The summed E-state index contributed by atoms with van der Waals surface area (Å²) >= 11 is 0. The first-order chi connectivity index (χ1) is 9.47. The number of nitrogen functional groups attached to an aromatic ring is 2. The van der Waals surface area contributed by atoms with E-state index in [-0.39, 0.29) is 28.6 Å². The van der Waals surface area contributed by atoms with Crippen molar-refractivity contribution in [2.24, 2.45) is 0 Å². The third-order valence-corrected chi connectivity index (χ3v) is 2.54. The Hall–Kier alpha value is -2.95. The largest absolute Gasteiger partial charge is 0.491 e. The van der Waals surface area contributed by atoms with Crippen molar-refractivity contribution < 1.29 is 13.5 Å². The van der Waals surface area contributed by atoms with E-state index in [2.05, 4.69) is 14.7 Å². The lowest BCUT2D eigenvalue weighted by molar-refractivity contribution is 0.360. The SMILES string of the molecule is COc1c(F)cc(-c2nc(N)nc(N)c2C#N)cc1F. The summed E-state index contributed by atoms with van der Waals surface area (Å²) in [5, 5.41) is 9.03. The number of benzene rings is 1. The molecule has 0 bridgehead atoms. The lowest BCUT2D eigenvalue weighted by Gasteiger charge is -2.09. The maximum absolute atomic E-state index is 13.7. The van der Waals surface area contributed by atoms with Gasteiger partial charge in [-0.25, -0.2) is 13.8 Å². The molecule has 0 saturated heterocycles. The van der Waals surface area contributed by atoms with Crippen molar-refractivity contribution in [3.63, 3.8) is 0 Å². The summed E-state index contributed by atoms with van der Waals surface area (Å²) < 4.78 is 31.9. The maximum Gasteiger partial charge on any atom is 0.222 e. The first kappa shape index (κ1) is 13.5. The van der Waals surface area contributed by atoms with Crippen molar-refractivity contribution in [2.45, 2.75) is 0 Å². The van der Waals surface area contributed by atoms with E-state index in [0.29, 0.717) is 0 Å². The van der Waals surface area contributed by atoms with E-state index in [1.807, 2.05) is 0 Å². The molecule has 0 atom stereocenters. The van der Waals surface area contributed by atoms with E-state index in [9.17, 15) is 8.78 Å². The van der Waals surface area contributed by atoms with Gasteiger partial charge >= 0.3 is 0 Å². The number of methoxy groups -OCH3 is 1. The van der Waals surface area contributed by atoms with E-state index >= 15 is 0 Å². The molecule has 4 N–H and O–H groups in total. The van der Waals surface area contributed by atoms with E-state index < -0.39 is 17.4 Å². The molecule has 0 aliphatic rings. The molecule has 1 aromatic heterocycles. The molecule has 6 nitrogen and oxygen atoms in total. The molecule has 1 aromatic carbocycles. The number of ether oxygens (including phenoxy) is 1. The minimum Gasteiger partial charge on any atom is -0.491 e. The Labute approximate surface area is 112 Å². The van der Waals surface area contributed by atoms with Crippen LogP contribution in [0.1, 0.15) is 5.56 Å². The van der Waals surface area contributed by atoms with Crippen LogP contribution >= 0.6 is 0 Å². The molecule has 8 heteroatoms. The summed E-state index contributed by atoms with van der Waals surface area (Å²) in [4.78, 5) is 7.42. The van der Waals surface area contributed by atoms with Crippen LogP contribution in [0.15, 0.2) is 12.1 Å². The van der Waals surface area contributed by atoms with Crippen molar-refractivity contribution in [3.05, 3.63) is 29.3 Å². The van der Waals surface area contributed by atoms with Gasteiger partial charge in [0.1, 0.15) is 17.5 Å². The van der Waals surface area contributed by atoms with Crippen LogP contribution in [0.2, 0.25) is 0 Å². The highest BCUT2D eigenvalue weighted by molar-refractivity contribution is 5.73. The van der Waals surface area contributed by atoms with Crippen LogP contribution in [-0.2, 0) is 0 Å². The molecular weight excluding hydrogens is 268 g/mol. The molecule has 2 aromatic rings. The predicted molar refractivity (Wildman–Crippen MR) is 67.5 cm³/mol. The number of rotatable bonds is 2. The Morgan fingerprint density at radius 2 is 1.80 bits per heavy atom. The summed E-state index contributed by atoms with van der Waals surface area (Å²) in [6, 6.07) is 3.73. The fourth-order valence-electron chi connectivity index (χ4n) is 1.71. The topological polar surface area (TPSA) is 111 Å². The van der Waals surface area contributed by atoms with Crippen molar-refractivity contribution >= 4 is 11.8 Å². The van der Waals surface area contributed by atoms with Gasteiger partial charge in [-0.3, -0.25) is 0 Å². The molecule has 0 fully saturated rings. The van der Waals surface area contributed by atoms with Crippen LogP contribution in [0, 0.1) is 23.0 Å². The molecule has 0 amide bonds. The number of nitriles is 1. The lowest BCUT2D eigenvalue weighted by Crippen LogP contribution is -2.05.